The number of nitrogens with zero attached hydrogens (tertiary/aromatic N) is 2. The first-order chi connectivity index (χ1) is 12.6. The summed E-state index contributed by atoms with van der Waals surface area (Å²) in [6, 6.07) is 12.2. The standard InChI is InChI=1S/C21H21FN2O2/c22-18-6-1-2-7-19(18)23-10-12-24(13-11-23)21(26)20(25)17-9-8-15-4-3-5-16(15)14-17/h1-2,6-9,14H,3-5,10-13H2. The summed E-state index contributed by atoms with van der Waals surface area (Å²) in [7, 11) is 0. The molecule has 0 atom stereocenters. The van der Waals surface area contributed by atoms with Crippen LogP contribution in [-0.2, 0) is 17.6 Å². The van der Waals surface area contributed by atoms with E-state index in [0.717, 1.165) is 19.3 Å². The number of benzene rings is 2. The van der Waals surface area contributed by atoms with E-state index in [1.165, 1.54) is 17.2 Å². The van der Waals surface area contributed by atoms with Gasteiger partial charge in [-0.25, -0.2) is 4.39 Å². The molecule has 0 unspecified atom stereocenters. The van der Waals surface area contributed by atoms with Crippen molar-refractivity contribution in [3.63, 3.8) is 0 Å². The average Bonchev–Trinajstić information content (AvgIpc) is 3.15. The van der Waals surface area contributed by atoms with Gasteiger partial charge in [0.15, 0.2) is 0 Å². The summed E-state index contributed by atoms with van der Waals surface area (Å²) in [4.78, 5) is 28.7. The summed E-state index contributed by atoms with van der Waals surface area (Å²) in [6.07, 6.45) is 3.14. The monoisotopic (exact) mass is 352 g/mol. The second-order valence-corrected chi connectivity index (χ2v) is 6.90. The van der Waals surface area contributed by atoms with Crippen LogP contribution in [-0.4, -0.2) is 42.8 Å². The molecule has 0 bridgehead atoms. The highest BCUT2D eigenvalue weighted by Crippen LogP contribution is 2.24. The molecule has 0 radical (unpaired) electrons. The van der Waals surface area contributed by atoms with Gasteiger partial charge in [-0.2, -0.15) is 0 Å². The molecule has 1 amide bonds. The number of hydrogen-bond donors (Lipinski definition) is 0. The molecule has 1 fully saturated rings. The lowest BCUT2D eigenvalue weighted by Gasteiger charge is -2.35. The van der Waals surface area contributed by atoms with Gasteiger partial charge in [-0.3, -0.25) is 9.59 Å². The molecule has 4 rings (SSSR count). The minimum absolute atomic E-state index is 0.263. The van der Waals surface area contributed by atoms with Crippen molar-refractivity contribution in [3.8, 4) is 0 Å². The number of carbonyl (C=O) groups excluding carboxylic acids is 2. The quantitative estimate of drug-likeness (QED) is 0.630. The summed E-state index contributed by atoms with van der Waals surface area (Å²) in [5, 5.41) is 0. The third-order valence-electron chi connectivity index (χ3n) is 5.31. The summed E-state index contributed by atoms with van der Waals surface area (Å²) in [6.45, 7) is 1.88. The third-order valence-corrected chi connectivity index (χ3v) is 5.31. The van der Waals surface area contributed by atoms with E-state index in [2.05, 4.69) is 0 Å². The lowest BCUT2D eigenvalue weighted by atomic mass is 10.0. The number of carbonyl (C=O) groups is 2. The second kappa shape index (κ2) is 6.90. The molecule has 2 aromatic rings. The Labute approximate surface area is 152 Å². The topological polar surface area (TPSA) is 40.6 Å². The Bertz CT molecular complexity index is 857. The van der Waals surface area contributed by atoms with Crippen molar-refractivity contribution in [2.45, 2.75) is 19.3 Å². The van der Waals surface area contributed by atoms with Crippen LogP contribution in [0, 0.1) is 5.82 Å². The molecular formula is C21H21FN2O2. The van der Waals surface area contributed by atoms with Crippen LogP contribution in [0.15, 0.2) is 42.5 Å². The summed E-state index contributed by atoms with van der Waals surface area (Å²) < 4.78 is 13.9. The fraction of sp³-hybridized carbons (Fsp3) is 0.333. The molecule has 4 nitrogen and oxygen atoms in total. The van der Waals surface area contributed by atoms with Crippen LogP contribution in [0.5, 0.6) is 0 Å². The molecule has 0 saturated carbocycles. The van der Waals surface area contributed by atoms with Gasteiger partial charge in [0.1, 0.15) is 5.82 Å². The van der Waals surface area contributed by atoms with Gasteiger partial charge in [0.25, 0.3) is 5.91 Å². The maximum Gasteiger partial charge on any atom is 0.295 e. The van der Waals surface area contributed by atoms with E-state index in [-0.39, 0.29) is 5.82 Å². The highest BCUT2D eigenvalue weighted by Gasteiger charge is 2.28. The van der Waals surface area contributed by atoms with Crippen LogP contribution in [0.25, 0.3) is 0 Å². The number of anilines is 1. The molecule has 2 aliphatic rings. The number of piperazine rings is 1. The number of para-hydroxylation sites is 1. The molecular weight excluding hydrogens is 331 g/mol. The summed E-state index contributed by atoms with van der Waals surface area (Å²) in [5.41, 5.74) is 3.50. The van der Waals surface area contributed by atoms with Crippen LogP contribution in [0.2, 0.25) is 0 Å². The van der Waals surface area contributed by atoms with E-state index in [1.807, 2.05) is 17.0 Å². The SMILES string of the molecule is O=C(C(=O)N1CCN(c2ccccc2F)CC1)c1ccc2c(c1)CCC2. The summed E-state index contributed by atoms with van der Waals surface area (Å²) >= 11 is 0. The highest BCUT2D eigenvalue weighted by atomic mass is 19.1. The zero-order valence-electron chi connectivity index (χ0n) is 14.6. The maximum absolute atomic E-state index is 13.9. The first kappa shape index (κ1) is 16.8. The van der Waals surface area contributed by atoms with Crippen molar-refractivity contribution in [1.29, 1.82) is 0 Å². The average molecular weight is 352 g/mol. The fourth-order valence-corrected chi connectivity index (χ4v) is 3.84. The number of halogens is 1. The van der Waals surface area contributed by atoms with E-state index in [0.29, 0.717) is 37.4 Å². The van der Waals surface area contributed by atoms with Gasteiger partial charge in [-0.1, -0.05) is 24.3 Å². The molecule has 5 heteroatoms. The van der Waals surface area contributed by atoms with Gasteiger partial charge >= 0.3 is 0 Å². The van der Waals surface area contributed by atoms with E-state index in [4.69, 9.17) is 0 Å². The van der Waals surface area contributed by atoms with Crippen LogP contribution < -0.4 is 4.90 Å². The van der Waals surface area contributed by atoms with Crippen molar-refractivity contribution < 1.29 is 14.0 Å². The Balaban J connectivity index is 1.42. The van der Waals surface area contributed by atoms with Crippen LogP contribution in [0.3, 0.4) is 0 Å². The van der Waals surface area contributed by atoms with Crippen molar-refractivity contribution >= 4 is 17.4 Å². The number of hydrogen-bond acceptors (Lipinski definition) is 3. The smallest absolute Gasteiger partial charge is 0.295 e. The van der Waals surface area contributed by atoms with Crippen LogP contribution in [0.4, 0.5) is 10.1 Å². The Hall–Kier alpha value is -2.69. The molecule has 0 aromatic heterocycles. The fourth-order valence-electron chi connectivity index (χ4n) is 3.84. The van der Waals surface area contributed by atoms with E-state index < -0.39 is 11.7 Å². The van der Waals surface area contributed by atoms with Gasteiger partial charge in [0.05, 0.1) is 5.69 Å². The van der Waals surface area contributed by atoms with Crippen molar-refractivity contribution in [2.75, 3.05) is 31.1 Å². The second-order valence-electron chi connectivity index (χ2n) is 6.90. The van der Waals surface area contributed by atoms with E-state index >= 15 is 0 Å². The predicted molar refractivity (Wildman–Crippen MR) is 98.0 cm³/mol. The van der Waals surface area contributed by atoms with E-state index in [9.17, 15) is 14.0 Å². The Morgan fingerprint density at radius 1 is 0.885 bits per heavy atom. The Morgan fingerprint density at radius 3 is 2.38 bits per heavy atom. The predicted octanol–water partition coefficient (Wildman–Crippen LogP) is 2.85. The molecule has 1 heterocycles. The number of aryl methyl sites for hydroxylation is 2. The Morgan fingerprint density at radius 2 is 1.62 bits per heavy atom. The number of fused-ring (bicyclic) bond motifs is 1. The molecule has 1 aliphatic carbocycles. The first-order valence-electron chi connectivity index (χ1n) is 9.08. The van der Waals surface area contributed by atoms with Gasteiger partial charge in [-0.15, -0.1) is 0 Å². The molecule has 1 aliphatic heterocycles. The zero-order chi connectivity index (χ0) is 18.1. The van der Waals surface area contributed by atoms with Crippen molar-refractivity contribution in [2.24, 2.45) is 0 Å². The van der Waals surface area contributed by atoms with Crippen LogP contribution >= 0.6 is 0 Å². The zero-order valence-corrected chi connectivity index (χ0v) is 14.6. The molecule has 26 heavy (non-hydrogen) atoms. The van der Waals surface area contributed by atoms with Gasteiger partial charge in [0.2, 0.25) is 5.78 Å². The Kier molecular flexibility index (Phi) is 4.45. The molecule has 134 valence electrons. The largest absolute Gasteiger partial charge is 0.366 e. The van der Waals surface area contributed by atoms with Crippen LogP contribution in [0.1, 0.15) is 27.9 Å². The molecule has 1 saturated heterocycles. The van der Waals surface area contributed by atoms with Gasteiger partial charge < -0.3 is 9.80 Å². The molecule has 0 N–H and O–H groups in total. The number of amides is 1. The minimum atomic E-state index is -0.462. The highest BCUT2D eigenvalue weighted by molar-refractivity contribution is 6.42. The lowest BCUT2D eigenvalue weighted by Crippen LogP contribution is -2.50. The minimum Gasteiger partial charge on any atom is -0.366 e. The van der Waals surface area contributed by atoms with Crippen molar-refractivity contribution in [1.82, 2.24) is 4.90 Å². The number of ketones is 1. The summed E-state index contributed by atoms with van der Waals surface area (Å²) in [5.74, 6) is -1.17. The third kappa shape index (κ3) is 3.09. The molecule has 2 aromatic carbocycles. The first-order valence-corrected chi connectivity index (χ1v) is 9.08. The van der Waals surface area contributed by atoms with Gasteiger partial charge in [-0.05, 0) is 48.6 Å². The lowest BCUT2D eigenvalue weighted by molar-refractivity contribution is -0.126. The normalized spacial score (nSPS) is 16.5. The van der Waals surface area contributed by atoms with Crippen molar-refractivity contribution in [3.05, 3.63) is 65.0 Å². The van der Waals surface area contributed by atoms with Gasteiger partial charge in [0, 0.05) is 31.7 Å². The number of rotatable bonds is 3. The number of Topliss-reactive ketones (excluding diaryl/α,β-unsaturated/α-hetero) is 1. The maximum atomic E-state index is 13.9. The van der Waals surface area contributed by atoms with E-state index in [1.54, 1.807) is 29.2 Å². The molecule has 0 spiro atoms.